The Morgan fingerprint density at radius 2 is 2.06 bits per heavy atom. The second kappa shape index (κ2) is 5.33. The van der Waals surface area contributed by atoms with Gasteiger partial charge in [-0.15, -0.1) is 0 Å². The second-order valence-corrected chi connectivity index (χ2v) is 4.62. The van der Waals surface area contributed by atoms with Crippen molar-refractivity contribution >= 4 is 11.6 Å². The first-order chi connectivity index (χ1) is 8.54. The number of aromatic nitrogens is 2. The number of nitrogens with one attached hydrogen (secondary N) is 1. The fourth-order valence-corrected chi connectivity index (χ4v) is 1.93. The molecule has 0 saturated carbocycles. The first-order valence-electron chi connectivity index (χ1n) is 5.62. The number of aromatic amines is 1. The van der Waals surface area contributed by atoms with Crippen molar-refractivity contribution in [1.82, 2.24) is 9.97 Å². The summed E-state index contributed by atoms with van der Waals surface area (Å²) in [6.07, 6.45) is 0.520. The Bertz CT molecular complexity index is 592. The zero-order valence-electron chi connectivity index (χ0n) is 9.98. The summed E-state index contributed by atoms with van der Waals surface area (Å²) in [7, 11) is 0. The van der Waals surface area contributed by atoms with Crippen molar-refractivity contribution < 1.29 is 0 Å². The van der Waals surface area contributed by atoms with Gasteiger partial charge in [0.25, 0.3) is 5.56 Å². The number of benzene rings is 1. The molecule has 0 amide bonds. The van der Waals surface area contributed by atoms with Gasteiger partial charge in [0.2, 0.25) is 0 Å². The van der Waals surface area contributed by atoms with Gasteiger partial charge in [-0.1, -0.05) is 23.7 Å². The van der Waals surface area contributed by atoms with Gasteiger partial charge in [0.05, 0.1) is 0 Å². The molecule has 4 nitrogen and oxygen atoms in total. The van der Waals surface area contributed by atoms with Crippen molar-refractivity contribution in [3.05, 3.63) is 62.8 Å². The van der Waals surface area contributed by atoms with Crippen LogP contribution in [0.3, 0.4) is 0 Å². The molecule has 0 radical (unpaired) electrons. The zero-order chi connectivity index (χ0) is 13.1. The van der Waals surface area contributed by atoms with Crippen molar-refractivity contribution in [2.45, 2.75) is 19.4 Å². The van der Waals surface area contributed by atoms with Crippen molar-refractivity contribution in [1.29, 1.82) is 0 Å². The van der Waals surface area contributed by atoms with Crippen LogP contribution in [0, 0.1) is 6.92 Å². The highest BCUT2D eigenvalue weighted by molar-refractivity contribution is 6.30. The SMILES string of the molecule is Cc1nc(CC(N)c2ccc(Cl)cc2)cc(=O)[nH]1. The van der Waals surface area contributed by atoms with E-state index in [9.17, 15) is 4.79 Å². The summed E-state index contributed by atoms with van der Waals surface area (Å²) in [5.74, 6) is 0.598. The summed E-state index contributed by atoms with van der Waals surface area (Å²) in [5, 5.41) is 0.677. The molecular formula is C13H14ClN3O. The third-order valence-corrected chi connectivity index (χ3v) is 2.89. The summed E-state index contributed by atoms with van der Waals surface area (Å²) in [6, 6.07) is 8.64. The van der Waals surface area contributed by atoms with Gasteiger partial charge < -0.3 is 10.7 Å². The standard InChI is InChI=1S/C13H14ClN3O/c1-8-16-11(7-13(18)17-8)6-12(15)9-2-4-10(14)5-3-9/h2-5,7,12H,6,15H2,1H3,(H,16,17,18). The van der Waals surface area contributed by atoms with Gasteiger partial charge in [-0.2, -0.15) is 0 Å². The van der Waals surface area contributed by atoms with E-state index in [0.717, 1.165) is 5.56 Å². The van der Waals surface area contributed by atoms with Crippen molar-refractivity contribution in [2.24, 2.45) is 5.73 Å². The lowest BCUT2D eigenvalue weighted by molar-refractivity contribution is 0.699. The molecule has 2 rings (SSSR count). The molecule has 0 aliphatic rings. The highest BCUT2D eigenvalue weighted by Crippen LogP contribution is 2.17. The molecule has 1 aromatic carbocycles. The monoisotopic (exact) mass is 263 g/mol. The van der Waals surface area contributed by atoms with Gasteiger partial charge in [-0.3, -0.25) is 4.79 Å². The van der Waals surface area contributed by atoms with E-state index in [-0.39, 0.29) is 11.6 Å². The number of aryl methyl sites for hydroxylation is 1. The van der Waals surface area contributed by atoms with Crippen molar-refractivity contribution in [3.63, 3.8) is 0 Å². The van der Waals surface area contributed by atoms with Crippen LogP contribution in [0.2, 0.25) is 5.02 Å². The van der Waals surface area contributed by atoms with Crippen LogP contribution in [0.5, 0.6) is 0 Å². The van der Waals surface area contributed by atoms with Crippen molar-refractivity contribution in [3.8, 4) is 0 Å². The van der Waals surface area contributed by atoms with Gasteiger partial charge in [0, 0.05) is 29.2 Å². The quantitative estimate of drug-likeness (QED) is 0.889. The van der Waals surface area contributed by atoms with Gasteiger partial charge in [0.15, 0.2) is 0 Å². The van der Waals surface area contributed by atoms with Crippen LogP contribution in [-0.2, 0) is 6.42 Å². The third-order valence-electron chi connectivity index (χ3n) is 2.64. The third kappa shape index (κ3) is 3.18. The number of halogens is 1. The average Bonchev–Trinajstić information content (AvgIpc) is 2.28. The van der Waals surface area contributed by atoms with E-state index in [1.807, 2.05) is 12.1 Å². The highest BCUT2D eigenvalue weighted by atomic mass is 35.5. The molecule has 2 aromatic rings. The maximum absolute atomic E-state index is 11.3. The van der Waals surface area contributed by atoms with Gasteiger partial charge in [-0.25, -0.2) is 4.98 Å². The van der Waals surface area contributed by atoms with Crippen LogP contribution in [0.4, 0.5) is 0 Å². The zero-order valence-corrected chi connectivity index (χ0v) is 10.7. The molecule has 0 saturated heterocycles. The lowest BCUT2D eigenvalue weighted by Gasteiger charge is -2.11. The normalized spacial score (nSPS) is 12.4. The predicted octanol–water partition coefficient (Wildman–Crippen LogP) is 1.97. The maximum Gasteiger partial charge on any atom is 0.251 e. The number of H-pyrrole nitrogens is 1. The topological polar surface area (TPSA) is 71.8 Å². The summed E-state index contributed by atoms with van der Waals surface area (Å²) < 4.78 is 0. The van der Waals surface area contributed by atoms with Crippen LogP contribution in [0.15, 0.2) is 35.1 Å². The van der Waals surface area contributed by atoms with Gasteiger partial charge in [0.1, 0.15) is 5.82 Å². The Morgan fingerprint density at radius 3 is 2.67 bits per heavy atom. The molecule has 0 aliphatic carbocycles. The molecule has 0 spiro atoms. The minimum atomic E-state index is -0.198. The Morgan fingerprint density at radius 1 is 1.39 bits per heavy atom. The van der Waals surface area contributed by atoms with E-state index in [4.69, 9.17) is 17.3 Å². The average molecular weight is 264 g/mol. The van der Waals surface area contributed by atoms with E-state index in [2.05, 4.69) is 9.97 Å². The summed E-state index contributed by atoms with van der Waals surface area (Å²) in [4.78, 5) is 18.2. The van der Waals surface area contributed by atoms with E-state index >= 15 is 0 Å². The van der Waals surface area contributed by atoms with Crippen LogP contribution in [0.1, 0.15) is 23.1 Å². The van der Waals surface area contributed by atoms with E-state index in [0.29, 0.717) is 23.0 Å². The van der Waals surface area contributed by atoms with E-state index < -0.39 is 0 Å². The van der Waals surface area contributed by atoms with E-state index in [1.165, 1.54) is 6.07 Å². The molecule has 0 aliphatic heterocycles. The molecule has 0 bridgehead atoms. The van der Waals surface area contributed by atoms with E-state index in [1.54, 1.807) is 19.1 Å². The van der Waals surface area contributed by atoms with Crippen molar-refractivity contribution in [2.75, 3.05) is 0 Å². The van der Waals surface area contributed by atoms with Crippen LogP contribution in [0.25, 0.3) is 0 Å². The minimum absolute atomic E-state index is 0.152. The molecule has 5 heteroatoms. The molecule has 1 heterocycles. The fraction of sp³-hybridized carbons (Fsp3) is 0.231. The van der Waals surface area contributed by atoms with Gasteiger partial charge >= 0.3 is 0 Å². The number of hydrogen-bond acceptors (Lipinski definition) is 3. The fourth-order valence-electron chi connectivity index (χ4n) is 1.80. The predicted molar refractivity (Wildman–Crippen MR) is 71.7 cm³/mol. The maximum atomic E-state index is 11.3. The first kappa shape index (κ1) is 12.8. The second-order valence-electron chi connectivity index (χ2n) is 4.18. The first-order valence-corrected chi connectivity index (χ1v) is 6.00. The van der Waals surface area contributed by atoms with Crippen LogP contribution in [-0.4, -0.2) is 9.97 Å². The van der Waals surface area contributed by atoms with Crippen LogP contribution < -0.4 is 11.3 Å². The number of nitrogens with zero attached hydrogens (tertiary/aromatic N) is 1. The number of rotatable bonds is 3. The highest BCUT2D eigenvalue weighted by Gasteiger charge is 2.09. The molecule has 1 unspecified atom stereocenters. The molecule has 1 atom stereocenters. The Labute approximate surface area is 110 Å². The Balaban J connectivity index is 2.18. The molecular weight excluding hydrogens is 250 g/mol. The Hall–Kier alpha value is -1.65. The molecule has 18 heavy (non-hydrogen) atoms. The molecule has 3 N–H and O–H groups in total. The summed E-state index contributed by atoms with van der Waals surface area (Å²) >= 11 is 5.82. The molecule has 0 fully saturated rings. The van der Waals surface area contributed by atoms with Crippen LogP contribution >= 0.6 is 11.6 Å². The lowest BCUT2D eigenvalue weighted by atomic mass is 10.0. The Kier molecular flexibility index (Phi) is 3.79. The number of nitrogens with two attached hydrogens (primary N) is 1. The smallest absolute Gasteiger partial charge is 0.251 e. The molecule has 94 valence electrons. The largest absolute Gasteiger partial charge is 0.324 e. The molecule has 1 aromatic heterocycles. The number of hydrogen-bond donors (Lipinski definition) is 2. The minimum Gasteiger partial charge on any atom is -0.324 e. The summed E-state index contributed by atoms with van der Waals surface area (Å²) in [6.45, 7) is 1.75. The van der Waals surface area contributed by atoms with Gasteiger partial charge in [-0.05, 0) is 24.6 Å². The lowest BCUT2D eigenvalue weighted by Crippen LogP contribution is -2.17. The summed E-state index contributed by atoms with van der Waals surface area (Å²) in [5.41, 5.74) is 7.59.